The van der Waals surface area contributed by atoms with E-state index in [1.807, 2.05) is 18.2 Å². The summed E-state index contributed by atoms with van der Waals surface area (Å²) in [5.74, 6) is 1.53. The molecule has 0 bridgehead atoms. The van der Waals surface area contributed by atoms with Gasteiger partial charge >= 0.3 is 0 Å². The van der Waals surface area contributed by atoms with Crippen molar-refractivity contribution in [2.45, 2.75) is 13.1 Å². The van der Waals surface area contributed by atoms with Crippen molar-refractivity contribution in [2.24, 2.45) is 0 Å². The Labute approximate surface area is 155 Å². The van der Waals surface area contributed by atoms with Crippen LogP contribution in [0.2, 0.25) is 0 Å². The molecule has 0 unspecified atom stereocenters. The summed E-state index contributed by atoms with van der Waals surface area (Å²) in [7, 11) is 5.45. The SMILES string of the molecule is COc1ccc(CN(C)Cc2ccc(-c3ccccc3)cc2)cc1OC. The van der Waals surface area contributed by atoms with Crippen molar-refractivity contribution in [3.8, 4) is 22.6 Å². The lowest BCUT2D eigenvalue weighted by molar-refractivity contribution is 0.316. The normalized spacial score (nSPS) is 10.8. The molecule has 0 aromatic heterocycles. The van der Waals surface area contributed by atoms with E-state index >= 15 is 0 Å². The van der Waals surface area contributed by atoms with Crippen molar-refractivity contribution in [3.05, 3.63) is 83.9 Å². The van der Waals surface area contributed by atoms with Crippen molar-refractivity contribution in [1.82, 2.24) is 4.90 Å². The van der Waals surface area contributed by atoms with Gasteiger partial charge in [0.1, 0.15) is 0 Å². The lowest BCUT2D eigenvalue weighted by atomic mass is 10.0. The number of nitrogens with zero attached hydrogens (tertiary/aromatic N) is 1. The number of hydrogen-bond acceptors (Lipinski definition) is 3. The predicted molar refractivity (Wildman–Crippen MR) is 107 cm³/mol. The number of benzene rings is 3. The van der Waals surface area contributed by atoms with Gasteiger partial charge in [-0.15, -0.1) is 0 Å². The molecule has 0 aliphatic rings. The minimum absolute atomic E-state index is 0.760. The summed E-state index contributed by atoms with van der Waals surface area (Å²) < 4.78 is 10.7. The number of hydrogen-bond donors (Lipinski definition) is 0. The number of rotatable bonds is 7. The van der Waals surface area contributed by atoms with Crippen LogP contribution in [0.4, 0.5) is 0 Å². The minimum atomic E-state index is 0.760. The molecular weight excluding hydrogens is 322 g/mol. The Balaban J connectivity index is 1.64. The predicted octanol–water partition coefficient (Wildman–Crippen LogP) is 5.00. The molecule has 3 aromatic rings. The van der Waals surface area contributed by atoms with E-state index in [4.69, 9.17) is 9.47 Å². The highest BCUT2D eigenvalue weighted by atomic mass is 16.5. The molecule has 134 valence electrons. The molecule has 0 N–H and O–H groups in total. The molecular formula is C23H25NO2. The Morgan fingerprint density at radius 3 is 1.88 bits per heavy atom. The fourth-order valence-corrected chi connectivity index (χ4v) is 3.09. The lowest BCUT2D eigenvalue weighted by Gasteiger charge is -2.18. The maximum Gasteiger partial charge on any atom is 0.161 e. The summed E-state index contributed by atoms with van der Waals surface area (Å²) in [4.78, 5) is 2.29. The molecule has 0 saturated heterocycles. The number of ether oxygens (including phenoxy) is 2. The van der Waals surface area contributed by atoms with Crippen LogP contribution < -0.4 is 9.47 Å². The second-order valence-corrected chi connectivity index (χ2v) is 6.42. The van der Waals surface area contributed by atoms with E-state index in [1.165, 1.54) is 22.3 Å². The van der Waals surface area contributed by atoms with Gasteiger partial charge in [0.05, 0.1) is 14.2 Å². The molecule has 0 saturated carbocycles. The fraction of sp³-hybridized carbons (Fsp3) is 0.217. The van der Waals surface area contributed by atoms with Crippen LogP contribution in [0.1, 0.15) is 11.1 Å². The topological polar surface area (TPSA) is 21.7 Å². The zero-order valence-electron chi connectivity index (χ0n) is 15.6. The molecule has 3 nitrogen and oxygen atoms in total. The third kappa shape index (κ3) is 4.44. The first-order chi connectivity index (χ1) is 12.7. The summed E-state index contributed by atoms with van der Waals surface area (Å²) in [6.07, 6.45) is 0. The van der Waals surface area contributed by atoms with E-state index in [-0.39, 0.29) is 0 Å². The zero-order valence-corrected chi connectivity index (χ0v) is 15.6. The van der Waals surface area contributed by atoms with Crippen LogP contribution in [0.15, 0.2) is 72.8 Å². The van der Waals surface area contributed by atoms with E-state index in [1.54, 1.807) is 14.2 Å². The molecule has 0 aliphatic heterocycles. The second-order valence-electron chi connectivity index (χ2n) is 6.42. The van der Waals surface area contributed by atoms with E-state index < -0.39 is 0 Å². The first kappa shape index (κ1) is 18.0. The van der Waals surface area contributed by atoms with E-state index in [2.05, 4.69) is 66.5 Å². The van der Waals surface area contributed by atoms with E-state index in [0.29, 0.717) is 0 Å². The van der Waals surface area contributed by atoms with Crippen LogP contribution in [-0.4, -0.2) is 26.2 Å². The van der Waals surface area contributed by atoms with Gasteiger partial charge in [0.25, 0.3) is 0 Å². The van der Waals surface area contributed by atoms with Crippen molar-refractivity contribution in [2.75, 3.05) is 21.3 Å². The standard InChI is InChI=1S/C23H25NO2/c1-24(17-19-11-14-22(25-2)23(15-19)26-3)16-18-9-12-21(13-10-18)20-7-5-4-6-8-20/h4-15H,16-17H2,1-3H3. The van der Waals surface area contributed by atoms with Crippen LogP contribution in [0.3, 0.4) is 0 Å². The molecule has 3 rings (SSSR count). The molecule has 0 fully saturated rings. The summed E-state index contributed by atoms with van der Waals surface area (Å²) >= 11 is 0. The van der Waals surface area contributed by atoms with Gasteiger partial charge in [0, 0.05) is 13.1 Å². The van der Waals surface area contributed by atoms with Gasteiger partial charge in [0.2, 0.25) is 0 Å². The maximum atomic E-state index is 5.39. The van der Waals surface area contributed by atoms with Crippen molar-refractivity contribution >= 4 is 0 Å². The van der Waals surface area contributed by atoms with Gasteiger partial charge in [-0.05, 0) is 41.4 Å². The van der Waals surface area contributed by atoms with Gasteiger partial charge in [-0.2, -0.15) is 0 Å². The second kappa shape index (κ2) is 8.54. The lowest BCUT2D eigenvalue weighted by Crippen LogP contribution is -2.17. The van der Waals surface area contributed by atoms with Gasteiger partial charge in [-0.1, -0.05) is 60.7 Å². The smallest absolute Gasteiger partial charge is 0.161 e. The Morgan fingerprint density at radius 1 is 0.654 bits per heavy atom. The monoisotopic (exact) mass is 347 g/mol. The molecule has 0 heterocycles. The summed E-state index contributed by atoms with van der Waals surface area (Å²) in [6.45, 7) is 1.74. The summed E-state index contributed by atoms with van der Waals surface area (Å²) in [5.41, 5.74) is 4.99. The van der Waals surface area contributed by atoms with Crippen LogP contribution in [0.25, 0.3) is 11.1 Å². The van der Waals surface area contributed by atoms with Gasteiger partial charge in [0.15, 0.2) is 11.5 Å². The first-order valence-corrected chi connectivity index (χ1v) is 8.73. The highest BCUT2D eigenvalue weighted by Gasteiger charge is 2.07. The van der Waals surface area contributed by atoms with Gasteiger partial charge < -0.3 is 9.47 Å². The zero-order chi connectivity index (χ0) is 18.4. The average molecular weight is 347 g/mol. The Morgan fingerprint density at radius 2 is 1.23 bits per heavy atom. The van der Waals surface area contributed by atoms with Crippen LogP contribution in [-0.2, 0) is 13.1 Å². The average Bonchev–Trinajstić information content (AvgIpc) is 2.69. The van der Waals surface area contributed by atoms with Crippen LogP contribution in [0, 0.1) is 0 Å². The molecule has 0 aliphatic carbocycles. The third-order valence-corrected chi connectivity index (χ3v) is 4.41. The van der Waals surface area contributed by atoms with Gasteiger partial charge in [-0.3, -0.25) is 4.90 Å². The highest BCUT2D eigenvalue weighted by molar-refractivity contribution is 5.63. The largest absolute Gasteiger partial charge is 0.493 e. The summed E-state index contributed by atoms with van der Waals surface area (Å²) in [6, 6.07) is 25.3. The maximum absolute atomic E-state index is 5.39. The van der Waals surface area contributed by atoms with Crippen molar-refractivity contribution in [3.63, 3.8) is 0 Å². The molecule has 0 radical (unpaired) electrons. The Kier molecular flexibility index (Phi) is 5.92. The number of methoxy groups -OCH3 is 2. The van der Waals surface area contributed by atoms with Crippen molar-refractivity contribution in [1.29, 1.82) is 0 Å². The molecule has 3 aromatic carbocycles. The third-order valence-electron chi connectivity index (χ3n) is 4.41. The Hall–Kier alpha value is -2.78. The Bertz CT molecular complexity index is 829. The molecule has 0 spiro atoms. The molecule has 3 heteroatoms. The quantitative estimate of drug-likeness (QED) is 0.600. The molecule has 26 heavy (non-hydrogen) atoms. The van der Waals surface area contributed by atoms with E-state index in [0.717, 1.165) is 24.6 Å². The van der Waals surface area contributed by atoms with Crippen molar-refractivity contribution < 1.29 is 9.47 Å². The molecule has 0 atom stereocenters. The first-order valence-electron chi connectivity index (χ1n) is 8.73. The highest BCUT2D eigenvalue weighted by Crippen LogP contribution is 2.28. The van der Waals surface area contributed by atoms with Crippen LogP contribution in [0.5, 0.6) is 11.5 Å². The fourth-order valence-electron chi connectivity index (χ4n) is 3.09. The van der Waals surface area contributed by atoms with Gasteiger partial charge in [-0.25, -0.2) is 0 Å². The van der Waals surface area contributed by atoms with Crippen LogP contribution >= 0.6 is 0 Å². The minimum Gasteiger partial charge on any atom is -0.493 e. The van der Waals surface area contributed by atoms with E-state index in [9.17, 15) is 0 Å². The molecule has 0 amide bonds. The summed E-state index contributed by atoms with van der Waals surface area (Å²) in [5, 5.41) is 0.